The van der Waals surface area contributed by atoms with Gasteiger partial charge in [0.1, 0.15) is 10.8 Å². The van der Waals surface area contributed by atoms with Crippen molar-refractivity contribution in [3.63, 3.8) is 0 Å². The van der Waals surface area contributed by atoms with Crippen LogP contribution in [0.3, 0.4) is 0 Å². The number of hydrogen-bond donors (Lipinski definition) is 1. The third-order valence-corrected chi connectivity index (χ3v) is 5.70. The van der Waals surface area contributed by atoms with Gasteiger partial charge in [0.05, 0.1) is 23.3 Å². The van der Waals surface area contributed by atoms with Crippen molar-refractivity contribution in [3.05, 3.63) is 45.3 Å². The van der Waals surface area contributed by atoms with E-state index in [9.17, 15) is 4.79 Å². The number of nitrogens with zero attached hydrogens (tertiary/aromatic N) is 4. The molecule has 4 aromatic rings. The predicted octanol–water partition coefficient (Wildman–Crippen LogP) is 3.28. The molecular weight excluding hydrogens is 370 g/mol. The summed E-state index contributed by atoms with van der Waals surface area (Å²) < 4.78 is 6.88. The maximum Gasteiger partial charge on any atom is 0.275 e. The quantitative estimate of drug-likeness (QED) is 0.511. The van der Waals surface area contributed by atoms with Crippen LogP contribution in [0.25, 0.3) is 16.0 Å². The lowest BCUT2D eigenvalue weighted by Gasteiger charge is -2.00. The minimum atomic E-state index is -0.146. The fourth-order valence-electron chi connectivity index (χ4n) is 2.55. The summed E-state index contributed by atoms with van der Waals surface area (Å²) in [4.78, 5) is 25.2. The molecule has 3 aromatic heterocycles. The second-order valence-electron chi connectivity index (χ2n) is 5.57. The second kappa shape index (κ2) is 7.08. The van der Waals surface area contributed by atoms with Crippen LogP contribution in [0, 0.1) is 0 Å². The molecular formula is C17H17N5O2S2. The van der Waals surface area contributed by atoms with Crippen LogP contribution in [0.1, 0.15) is 24.5 Å². The third kappa shape index (κ3) is 3.32. The summed E-state index contributed by atoms with van der Waals surface area (Å²) in [7, 11) is 0. The van der Waals surface area contributed by atoms with Gasteiger partial charge in [0.2, 0.25) is 4.96 Å². The summed E-state index contributed by atoms with van der Waals surface area (Å²) in [6.07, 6.45) is 0.792. The maximum absolute atomic E-state index is 12.2. The van der Waals surface area contributed by atoms with Crippen LogP contribution in [0.2, 0.25) is 0 Å². The Kier molecular flexibility index (Phi) is 4.64. The number of H-pyrrole nitrogens is 1. The van der Waals surface area contributed by atoms with Crippen molar-refractivity contribution in [2.24, 2.45) is 0 Å². The highest BCUT2D eigenvalue weighted by Gasteiger charge is 2.10. The van der Waals surface area contributed by atoms with Crippen molar-refractivity contribution in [1.82, 2.24) is 24.6 Å². The number of fused-ring (bicyclic) bond motifs is 2. The van der Waals surface area contributed by atoms with E-state index >= 15 is 0 Å². The molecule has 26 heavy (non-hydrogen) atoms. The Labute approximate surface area is 157 Å². The Hall–Kier alpha value is -2.39. The second-order valence-corrected chi connectivity index (χ2v) is 7.58. The normalized spacial score (nSPS) is 11.5. The molecule has 134 valence electrons. The summed E-state index contributed by atoms with van der Waals surface area (Å²) in [5.41, 5.74) is 2.39. The number of hydrogen-bond acceptors (Lipinski definition) is 7. The zero-order valence-corrected chi connectivity index (χ0v) is 16.0. The predicted molar refractivity (Wildman–Crippen MR) is 103 cm³/mol. The molecule has 0 aliphatic rings. The molecule has 0 saturated carbocycles. The minimum absolute atomic E-state index is 0.146. The standard InChI is InChI=1S/C17H17N5O2S2/c1-3-14-21-22-15(23)7-10(18-17(22)26-14)9-25-16-19-12-6-5-11(24-4-2)8-13(12)20-16/h5-8H,3-4,9H2,1-2H3,(H,19,20). The van der Waals surface area contributed by atoms with Gasteiger partial charge in [0.15, 0.2) is 5.16 Å². The van der Waals surface area contributed by atoms with Crippen LogP contribution in [-0.4, -0.2) is 31.2 Å². The molecule has 0 saturated heterocycles. The summed E-state index contributed by atoms with van der Waals surface area (Å²) in [6.45, 7) is 4.59. The van der Waals surface area contributed by atoms with E-state index in [0.717, 1.165) is 39.1 Å². The molecule has 0 aliphatic carbocycles. The van der Waals surface area contributed by atoms with E-state index in [1.54, 1.807) is 0 Å². The number of ether oxygens (including phenoxy) is 1. The van der Waals surface area contributed by atoms with Crippen molar-refractivity contribution < 1.29 is 4.74 Å². The summed E-state index contributed by atoms with van der Waals surface area (Å²) in [5.74, 6) is 1.38. The number of aromatic nitrogens is 5. The van der Waals surface area contributed by atoms with Crippen LogP contribution in [0.5, 0.6) is 5.75 Å². The molecule has 9 heteroatoms. The first-order chi connectivity index (χ1) is 12.7. The molecule has 4 rings (SSSR count). The van der Waals surface area contributed by atoms with E-state index in [1.807, 2.05) is 32.0 Å². The first-order valence-electron chi connectivity index (χ1n) is 8.30. The fraction of sp³-hybridized carbons (Fsp3) is 0.294. The average Bonchev–Trinajstić information content (AvgIpc) is 3.23. The molecule has 1 aromatic carbocycles. The van der Waals surface area contributed by atoms with Gasteiger partial charge in [-0.3, -0.25) is 4.79 Å². The minimum Gasteiger partial charge on any atom is -0.494 e. The van der Waals surface area contributed by atoms with Crippen LogP contribution in [0.15, 0.2) is 34.2 Å². The number of aryl methyl sites for hydroxylation is 1. The smallest absolute Gasteiger partial charge is 0.275 e. The van der Waals surface area contributed by atoms with Gasteiger partial charge in [-0.1, -0.05) is 30.0 Å². The molecule has 0 radical (unpaired) electrons. The maximum atomic E-state index is 12.2. The van der Waals surface area contributed by atoms with Crippen LogP contribution in [0.4, 0.5) is 0 Å². The Balaban J connectivity index is 1.55. The number of nitrogens with one attached hydrogen (secondary N) is 1. The molecule has 0 amide bonds. The van der Waals surface area contributed by atoms with Gasteiger partial charge in [0, 0.05) is 17.9 Å². The molecule has 0 spiro atoms. The number of thioether (sulfide) groups is 1. The number of rotatable bonds is 6. The summed E-state index contributed by atoms with van der Waals surface area (Å²) in [5, 5.41) is 5.96. The Morgan fingerprint density at radius 1 is 1.27 bits per heavy atom. The van der Waals surface area contributed by atoms with Crippen LogP contribution >= 0.6 is 23.1 Å². The van der Waals surface area contributed by atoms with Crippen LogP contribution in [-0.2, 0) is 12.2 Å². The van der Waals surface area contributed by atoms with Crippen molar-refractivity contribution in [1.29, 1.82) is 0 Å². The highest BCUT2D eigenvalue weighted by molar-refractivity contribution is 7.98. The lowest BCUT2D eigenvalue weighted by atomic mass is 10.3. The lowest BCUT2D eigenvalue weighted by molar-refractivity contribution is 0.340. The molecule has 0 unspecified atom stereocenters. The van der Waals surface area contributed by atoms with Gasteiger partial charge in [-0.05, 0) is 25.5 Å². The SMILES string of the molecule is CCOc1ccc2nc(SCc3cc(=O)n4nc(CC)sc4n3)[nH]c2c1. The third-order valence-electron chi connectivity index (χ3n) is 3.74. The monoisotopic (exact) mass is 387 g/mol. The van der Waals surface area contributed by atoms with Crippen molar-refractivity contribution in [2.45, 2.75) is 31.2 Å². The molecule has 0 atom stereocenters. The Bertz CT molecular complexity index is 1130. The zero-order valence-electron chi connectivity index (χ0n) is 14.4. The van der Waals surface area contributed by atoms with Gasteiger partial charge in [-0.15, -0.1) is 0 Å². The van der Waals surface area contributed by atoms with Gasteiger partial charge < -0.3 is 9.72 Å². The Morgan fingerprint density at radius 2 is 2.15 bits per heavy atom. The van der Waals surface area contributed by atoms with Crippen molar-refractivity contribution in [3.8, 4) is 5.75 Å². The molecule has 1 N–H and O–H groups in total. The summed E-state index contributed by atoms with van der Waals surface area (Å²) in [6, 6.07) is 7.32. The topological polar surface area (TPSA) is 85.2 Å². The highest BCUT2D eigenvalue weighted by atomic mass is 32.2. The summed E-state index contributed by atoms with van der Waals surface area (Å²) >= 11 is 2.97. The first kappa shape index (κ1) is 17.0. The first-order valence-corrected chi connectivity index (χ1v) is 10.1. The van der Waals surface area contributed by atoms with Gasteiger partial charge in [0.25, 0.3) is 5.56 Å². The van der Waals surface area contributed by atoms with E-state index < -0.39 is 0 Å². The molecule has 7 nitrogen and oxygen atoms in total. The van der Waals surface area contributed by atoms with E-state index in [1.165, 1.54) is 33.7 Å². The molecule has 0 fully saturated rings. The number of benzene rings is 1. The van der Waals surface area contributed by atoms with Gasteiger partial charge >= 0.3 is 0 Å². The lowest BCUT2D eigenvalue weighted by Crippen LogP contribution is -2.15. The van der Waals surface area contributed by atoms with Gasteiger partial charge in [-0.2, -0.15) is 9.61 Å². The highest BCUT2D eigenvalue weighted by Crippen LogP contribution is 2.25. The molecule has 3 heterocycles. The Morgan fingerprint density at radius 3 is 2.96 bits per heavy atom. The van der Waals surface area contributed by atoms with E-state index in [-0.39, 0.29) is 5.56 Å². The van der Waals surface area contributed by atoms with Crippen molar-refractivity contribution in [2.75, 3.05) is 6.61 Å². The van der Waals surface area contributed by atoms with E-state index in [2.05, 4.69) is 20.1 Å². The largest absolute Gasteiger partial charge is 0.494 e. The van der Waals surface area contributed by atoms with Gasteiger partial charge in [-0.25, -0.2) is 9.97 Å². The number of imidazole rings is 1. The van der Waals surface area contributed by atoms with Crippen molar-refractivity contribution >= 4 is 39.1 Å². The van der Waals surface area contributed by atoms with E-state index in [0.29, 0.717) is 17.3 Å². The fourth-order valence-corrected chi connectivity index (χ4v) is 4.18. The number of aromatic amines is 1. The zero-order chi connectivity index (χ0) is 18.1. The van der Waals surface area contributed by atoms with E-state index in [4.69, 9.17) is 4.74 Å². The molecule has 0 bridgehead atoms. The van der Waals surface area contributed by atoms with Crippen LogP contribution < -0.4 is 10.3 Å². The molecule has 0 aliphatic heterocycles. The average molecular weight is 387 g/mol.